The smallest absolute Gasteiger partial charge is 0.254 e. The molecule has 0 saturated heterocycles. The standard InChI is InChI=1S/C14H22N2O2/c1-9(2)10(3)16(4)14(17)11-6-12(15)8-13(7-11)18-5/h6-10H,15H2,1-5H3. The Morgan fingerprint density at radius 2 is 1.89 bits per heavy atom. The van der Waals surface area contributed by atoms with E-state index in [0.29, 0.717) is 22.9 Å². The molecule has 0 aliphatic heterocycles. The highest BCUT2D eigenvalue weighted by Crippen LogP contribution is 2.21. The highest BCUT2D eigenvalue weighted by Gasteiger charge is 2.20. The van der Waals surface area contributed by atoms with E-state index in [1.165, 1.54) is 0 Å². The van der Waals surface area contributed by atoms with Crippen LogP contribution in [0.2, 0.25) is 0 Å². The monoisotopic (exact) mass is 250 g/mol. The van der Waals surface area contributed by atoms with Gasteiger partial charge in [0.2, 0.25) is 0 Å². The summed E-state index contributed by atoms with van der Waals surface area (Å²) in [5.74, 6) is 0.965. The van der Waals surface area contributed by atoms with Crippen molar-refractivity contribution in [3.8, 4) is 5.75 Å². The predicted octanol–water partition coefficient (Wildman–Crippen LogP) is 2.39. The lowest BCUT2D eigenvalue weighted by molar-refractivity contribution is 0.0707. The van der Waals surface area contributed by atoms with Crippen LogP contribution in [-0.2, 0) is 0 Å². The highest BCUT2D eigenvalue weighted by atomic mass is 16.5. The van der Waals surface area contributed by atoms with E-state index in [1.807, 2.05) is 14.0 Å². The molecule has 0 radical (unpaired) electrons. The molecular formula is C14H22N2O2. The minimum atomic E-state index is -0.0400. The summed E-state index contributed by atoms with van der Waals surface area (Å²) in [5, 5.41) is 0. The molecule has 0 aliphatic rings. The second-order valence-corrected chi connectivity index (χ2v) is 4.90. The lowest BCUT2D eigenvalue weighted by atomic mass is 10.0. The van der Waals surface area contributed by atoms with Gasteiger partial charge in [-0.2, -0.15) is 0 Å². The number of methoxy groups -OCH3 is 1. The number of ether oxygens (including phenoxy) is 1. The molecule has 1 rings (SSSR count). The van der Waals surface area contributed by atoms with Gasteiger partial charge in [-0.05, 0) is 25.0 Å². The zero-order valence-corrected chi connectivity index (χ0v) is 11.7. The number of hydrogen-bond donors (Lipinski definition) is 1. The molecule has 1 atom stereocenters. The number of nitrogens with two attached hydrogens (primary N) is 1. The van der Waals surface area contributed by atoms with Crippen LogP contribution in [0.15, 0.2) is 18.2 Å². The third kappa shape index (κ3) is 3.15. The van der Waals surface area contributed by atoms with Crippen molar-refractivity contribution < 1.29 is 9.53 Å². The quantitative estimate of drug-likeness (QED) is 0.835. The maximum atomic E-state index is 12.3. The average molecular weight is 250 g/mol. The Morgan fingerprint density at radius 3 is 2.39 bits per heavy atom. The molecule has 0 bridgehead atoms. The summed E-state index contributed by atoms with van der Waals surface area (Å²) in [6, 6.07) is 5.25. The lowest BCUT2D eigenvalue weighted by Crippen LogP contribution is -2.38. The summed E-state index contributed by atoms with van der Waals surface area (Å²) in [6.07, 6.45) is 0. The van der Waals surface area contributed by atoms with Gasteiger partial charge in [-0.15, -0.1) is 0 Å². The van der Waals surface area contributed by atoms with Gasteiger partial charge in [0.25, 0.3) is 5.91 Å². The van der Waals surface area contributed by atoms with Crippen LogP contribution < -0.4 is 10.5 Å². The van der Waals surface area contributed by atoms with Gasteiger partial charge >= 0.3 is 0 Å². The van der Waals surface area contributed by atoms with Crippen LogP contribution in [-0.4, -0.2) is 31.0 Å². The third-order valence-electron chi connectivity index (χ3n) is 3.31. The fraction of sp³-hybridized carbons (Fsp3) is 0.500. The highest BCUT2D eigenvalue weighted by molar-refractivity contribution is 5.95. The van der Waals surface area contributed by atoms with Crippen molar-refractivity contribution in [3.63, 3.8) is 0 Å². The van der Waals surface area contributed by atoms with Crippen LogP contribution in [0.25, 0.3) is 0 Å². The fourth-order valence-corrected chi connectivity index (χ4v) is 1.70. The number of carbonyl (C=O) groups excluding carboxylic acids is 1. The molecule has 1 unspecified atom stereocenters. The van der Waals surface area contributed by atoms with Gasteiger partial charge in [0.1, 0.15) is 5.75 Å². The van der Waals surface area contributed by atoms with Crippen molar-refractivity contribution in [2.24, 2.45) is 5.92 Å². The summed E-state index contributed by atoms with van der Waals surface area (Å²) in [4.78, 5) is 14.1. The number of amides is 1. The molecule has 100 valence electrons. The Kier molecular flexibility index (Phi) is 4.59. The molecule has 2 N–H and O–H groups in total. The van der Waals surface area contributed by atoms with Crippen molar-refractivity contribution in [2.45, 2.75) is 26.8 Å². The van der Waals surface area contributed by atoms with Gasteiger partial charge < -0.3 is 15.4 Å². The number of nitrogens with zero attached hydrogens (tertiary/aromatic N) is 1. The molecule has 4 nitrogen and oxygen atoms in total. The molecule has 0 saturated carbocycles. The first-order valence-corrected chi connectivity index (χ1v) is 6.08. The summed E-state index contributed by atoms with van der Waals surface area (Å²) in [6.45, 7) is 6.22. The van der Waals surface area contributed by atoms with Gasteiger partial charge in [-0.25, -0.2) is 0 Å². The van der Waals surface area contributed by atoms with E-state index in [-0.39, 0.29) is 11.9 Å². The number of carbonyl (C=O) groups is 1. The molecule has 1 aromatic carbocycles. The zero-order valence-electron chi connectivity index (χ0n) is 11.7. The maximum absolute atomic E-state index is 12.3. The second-order valence-electron chi connectivity index (χ2n) is 4.90. The van der Waals surface area contributed by atoms with Crippen LogP contribution in [0.4, 0.5) is 5.69 Å². The van der Waals surface area contributed by atoms with Crippen molar-refractivity contribution in [2.75, 3.05) is 19.9 Å². The number of hydrogen-bond acceptors (Lipinski definition) is 3. The normalized spacial score (nSPS) is 12.3. The van der Waals surface area contributed by atoms with Gasteiger partial charge in [0.05, 0.1) is 7.11 Å². The molecule has 18 heavy (non-hydrogen) atoms. The van der Waals surface area contributed by atoms with E-state index in [1.54, 1.807) is 30.2 Å². The third-order valence-corrected chi connectivity index (χ3v) is 3.31. The topological polar surface area (TPSA) is 55.6 Å². The van der Waals surface area contributed by atoms with Crippen molar-refractivity contribution in [3.05, 3.63) is 23.8 Å². The van der Waals surface area contributed by atoms with Gasteiger partial charge in [0.15, 0.2) is 0 Å². The van der Waals surface area contributed by atoms with E-state index in [9.17, 15) is 4.79 Å². The molecule has 0 heterocycles. The van der Waals surface area contributed by atoms with E-state index in [4.69, 9.17) is 10.5 Å². The first kappa shape index (κ1) is 14.4. The van der Waals surface area contributed by atoms with E-state index in [2.05, 4.69) is 13.8 Å². The van der Waals surface area contributed by atoms with Crippen molar-refractivity contribution >= 4 is 11.6 Å². The van der Waals surface area contributed by atoms with Gasteiger partial charge in [0, 0.05) is 30.4 Å². The Hall–Kier alpha value is -1.71. The lowest BCUT2D eigenvalue weighted by Gasteiger charge is -2.28. The van der Waals surface area contributed by atoms with Crippen LogP contribution in [0.3, 0.4) is 0 Å². The summed E-state index contributed by atoms with van der Waals surface area (Å²) >= 11 is 0. The molecule has 0 spiro atoms. The van der Waals surface area contributed by atoms with E-state index < -0.39 is 0 Å². The molecule has 1 amide bonds. The molecule has 0 aromatic heterocycles. The molecule has 4 heteroatoms. The Balaban J connectivity index is 3.00. The first-order valence-electron chi connectivity index (χ1n) is 6.08. The van der Waals surface area contributed by atoms with Gasteiger partial charge in [-0.3, -0.25) is 4.79 Å². The predicted molar refractivity (Wildman–Crippen MR) is 73.8 cm³/mol. The summed E-state index contributed by atoms with van der Waals surface area (Å²) < 4.78 is 5.12. The van der Waals surface area contributed by atoms with Crippen molar-refractivity contribution in [1.29, 1.82) is 0 Å². The van der Waals surface area contributed by atoms with E-state index >= 15 is 0 Å². The average Bonchev–Trinajstić information content (AvgIpc) is 2.34. The van der Waals surface area contributed by atoms with Crippen LogP contribution >= 0.6 is 0 Å². The number of benzene rings is 1. The first-order chi connectivity index (χ1) is 8.36. The molecule has 1 aromatic rings. The van der Waals surface area contributed by atoms with E-state index in [0.717, 1.165) is 0 Å². The molecular weight excluding hydrogens is 228 g/mol. The Bertz CT molecular complexity index is 430. The molecule has 0 fully saturated rings. The minimum absolute atomic E-state index is 0.0400. The largest absolute Gasteiger partial charge is 0.497 e. The Morgan fingerprint density at radius 1 is 1.28 bits per heavy atom. The summed E-state index contributed by atoms with van der Waals surface area (Å²) in [5.41, 5.74) is 6.85. The van der Waals surface area contributed by atoms with Crippen LogP contribution in [0, 0.1) is 5.92 Å². The van der Waals surface area contributed by atoms with Crippen LogP contribution in [0.1, 0.15) is 31.1 Å². The van der Waals surface area contributed by atoms with Crippen molar-refractivity contribution in [1.82, 2.24) is 4.90 Å². The SMILES string of the molecule is COc1cc(N)cc(C(=O)N(C)C(C)C(C)C)c1. The van der Waals surface area contributed by atoms with Crippen LogP contribution in [0.5, 0.6) is 5.75 Å². The van der Waals surface area contributed by atoms with Gasteiger partial charge in [-0.1, -0.05) is 13.8 Å². The number of rotatable bonds is 4. The number of anilines is 1. The maximum Gasteiger partial charge on any atom is 0.254 e. The number of nitrogen functional groups attached to an aromatic ring is 1. The minimum Gasteiger partial charge on any atom is -0.497 e. The zero-order chi connectivity index (χ0) is 13.9. The summed E-state index contributed by atoms with van der Waals surface area (Å²) in [7, 11) is 3.37. The Labute approximate surface area is 109 Å². The molecule has 0 aliphatic carbocycles. The fourth-order valence-electron chi connectivity index (χ4n) is 1.70. The second kappa shape index (κ2) is 5.76.